The Labute approximate surface area is 214 Å². The highest BCUT2D eigenvalue weighted by molar-refractivity contribution is 7.09. The topological polar surface area (TPSA) is 64.8 Å². The number of halogens is 3. The van der Waals surface area contributed by atoms with E-state index in [9.17, 15) is 18.0 Å². The number of amides is 1. The van der Waals surface area contributed by atoms with E-state index in [0.29, 0.717) is 24.5 Å². The van der Waals surface area contributed by atoms with Crippen LogP contribution in [0.1, 0.15) is 75.2 Å². The van der Waals surface area contributed by atoms with E-state index in [4.69, 9.17) is 9.47 Å². The lowest BCUT2D eigenvalue weighted by Crippen LogP contribution is -2.38. The minimum absolute atomic E-state index is 0.0178. The highest BCUT2D eigenvalue weighted by Crippen LogP contribution is 2.33. The number of carbonyl (C=O) groups is 1. The van der Waals surface area contributed by atoms with Gasteiger partial charge in [0, 0.05) is 29.8 Å². The third-order valence-corrected chi connectivity index (χ3v) is 7.08. The number of rotatable bonds is 7. The van der Waals surface area contributed by atoms with Crippen molar-refractivity contribution in [2.24, 2.45) is 4.99 Å². The van der Waals surface area contributed by atoms with Crippen molar-refractivity contribution in [2.45, 2.75) is 84.2 Å². The van der Waals surface area contributed by atoms with Crippen molar-refractivity contribution >= 4 is 17.2 Å². The Morgan fingerprint density at radius 2 is 1.94 bits per heavy atom. The van der Waals surface area contributed by atoms with Crippen LogP contribution in [-0.4, -0.2) is 41.9 Å². The first kappa shape index (κ1) is 28.4. The first-order chi connectivity index (χ1) is 16.6. The van der Waals surface area contributed by atoms with Gasteiger partial charge >= 0.3 is 6.18 Å². The predicted octanol–water partition coefficient (Wildman–Crippen LogP) is 5.55. The molecule has 2 aromatic rings. The van der Waals surface area contributed by atoms with Crippen LogP contribution >= 0.6 is 11.3 Å². The third-order valence-electron chi connectivity index (χ3n) is 5.63. The van der Waals surface area contributed by atoms with Crippen molar-refractivity contribution in [1.29, 1.82) is 0 Å². The molecule has 1 N–H and O–H groups in total. The second-order valence-corrected chi connectivity index (χ2v) is 12.1. The molecule has 0 aliphatic carbocycles. The van der Waals surface area contributed by atoms with Crippen LogP contribution in [0.25, 0.3) is 0 Å². The molecule has 1 aliphatic heterocycles. The summed E-state index contributed by atoms with van der Waals surface area (Å²) in [6, 6.07) is 2.93. The van der Waals surface area contributed by atoms with Gasteiger partial charge in [0.05, 0.1) is 23.8 Å². The predicted molar refractivity (Wildman–Crippen MR) is 135 cm³/mol. The normalized spacial score (nSPS) is 17.6. The molecule has 1 aliphatic rings. The molecule has 1 aromatic carbocycles. The minimum atomic E-state index is -4.59. The van der Waals surface area contributed by atoms with Crippen molar-refractivity contribution in [3.05, 3.63) is 45.2 Å². The fourth-order valence-corrected chi connectivity index (χ4v) is 4.74. The van der Waals surface area contributed by atoms with Gasteiger partial charge in [-0.1, -0.05) is 20.8 Å². The number of thiazole rings is 1. The molecule has 0 radical (unpaired) electrons. The van der Waals surface area contributed by atoms with Crippen LogP contribution in [0.4, 0.5) is 13.2 Å². The molecule has 36 heavy (non-hydrogen) atoms. The molecule has 1 aromatic heterocycles. The largest absolute Gasteiger partial charge is 0.491 e. The van der Waals surface area contributed by atoms with Gasteiger partial charge in [0.1, 0.15) is 12.4 Å². The lowest BCUT2D eigenvalue weighted by Gasteiger charge is -2.21. The van der Waals surface area contributed by atoms with E-state index >= 15 is 0 Å². The van der Waals surface area contributed by atoms with Crippen LogP contribution in [0.5, 0.6) is 5.75 Å². The molecule has 3 rings (SSSR count). The Kier molecular flexibility index (Phi) is 8.73. The van der Waals surface area contributed by atoms with E-state index < -0.39 is 17.6 Å². The molecule has 0 spiro atoms. The second kappa shape index (κ2) is 11.1. The number of aromatic nitrogens is 1. The molecular weight excluding hydrogens is 491 g/mol. The molecule has 10 heteroatoms. The first-order valence-electron chi connectivity index (χ1n) is 12.1. The molecule has 1 saturated heterocycles. The van der Waals surface area contributed by atoms with Crippen LogP contribution in [0.15, 0.2) is 29.4 Å². The summed E-state index contributed by atoms with van der Waals surface area (Å²) in [7, 11) is 0. The monoisotopic (exact) mass is 527 g/mol. The smallest absolute Gasteiger partial charge is 0.416 e. The summed E-state index contributed by atoms with van der Waals surface area (Å²) in [6.07, 6.45) is -0.731. The number of hydrogen-bond donors (Lipinski definition) is 1. The van der Waals surface area contributed by atoms with Crippen molar-refractivity contribution in [3.8, 4) is 5.75 Å². The summed E-state index contributed by atoms with van der Waals surface area (Å²) in [5.74, 6) is -0.700. The number of nitrogens with one attached hydrogen (secondary N) is 1. The molecular formula is C26H36F3N3O3S. The van der Waals surface area contributed by atoms with E-state index in [1.165, 1.54) is 17.4 Å². The van der Waals surface area contributed by atoms with Gasteiger partial charge in [-0.3, -0.25) is 4.79 Å². The molecule has 6 nitrogen and oxygen atoms in total. The zero-order valence-corrected chi connectivity index (χ0v) is 22.6. The summed E-state index contributed by atoms with van der Waals surface area (Å²) in [4.78, 5) is 19.0. The summed E-state index contributed by atoms with van der Waals surface area (Å²) >= 11 is 1.36. The van der Waals surface area contributed by atoms with Gasteiger partial charge in [-0.25, -0.2) is 0 Å². The maximum absolute atomic E-state index is 13.4. The molecule has 200 valence electrons. The highest BCUT2D eigenvalue weighted by Gasteiger charge is 2.32. The summed E-state index contributed by atoms with van der Waals surface area (Å²) in [5, 5.41) is 3.25. The Balaban J connectivity index is 1.97. The molecule has 0 bridgehead atoms. The number of ether oxygens (including phenoxy) is 2. The van der Waals surface area contributed by atoms with Gasteiger partial charge in [0.25, 0.3) is 5.91 Å². The average Bonchev–Trinajstić information content (AvgIpc) is 3.40. The summed E-state index contributed by atoms with van der Waals surface area (Å²) < 4.78 is 53.7. The van der Waals surface area contributed by atoms with Crippen molar-refractivity contribution < 1.29 is 27.4 Å². The van der Waals surface area contributed by atoms with Gasteiger partial charge < -0.3 is 19.4 Å². The first-order valence-corrected chi connectivity index (χ1v) is 13.0. The maximum atomic E-state index is 13.4. The highest BCUT2D eigenvalue weighted by atomic mass is 32.1. The van der Waals surface area contributed by atoms with Crippen LogP contribution in [-0.2, 0) is 22.9 Å². The zero-order chi connectivity index (χ0) is 26.7. The van der Waals surface area contributed by atoms with E-state index in [0.717, 1.165) is 29.9 Å². The number of alkyl halides is 3. The van der Waals surface area contributed by atoms with Crippen LogP contribution < -0.4 is 14.9 Å². The summed E-state index contributed by atoms with van der Waals surface area (Å²) in [6.45, 7) is 14.1. The van der Waals surface area contributed by atoms with Crippen molar-refractivity contribution in [1.82, 2.24) is 9.88 Å². The average molecular weight is 528 g/mol. The fourth-order valence-electron chi connectivity index (χ4n) is 3.69. The van der Waals surface area contributed by atoms with Gasteiger partial charge in [-0.05, 0) is 57.2 Å². The minimum Gasteiger partial charge on any atom is -0.491 e. The van der Waals surface area contributed by atoms with E-state index in [1.54, 1.807) is 0 Å². The Hall–Kier alpha value is -2.17. The van der Waals surface area contributed by atoms with Gasteiger partial charge in [0.2, 0.25) is 0 Å². The fraction of sp³-hybridized carbons (Fsp3) is 0.615. The van der Waals surface area contributed by atoms with Crippen LogP contribution in [0.2, 0.25) is 0 Å². The molecule has 1 amide bonds. The SMILES string of the molecule is CC(C)(C)NCCOc1ccc(C(F)(F)F)cc1C(=O)N=c1sc(C(C)(C)C)cn1C[C@H]1CCCO1. The van der Waals surface area contributed by atoms with Crippen LogP contribution in [0, 0.1) is 0 Å². The quantitative estimate of drug-likeness (QED) is 0.480. The van der Waals surface area contributed by atoms with Crippen molar-refractivity contribution in [2.75, 3.05) is 19.8 Å². The van der Waals surface area contributed by atoms with Gasteiger partial charge in [0.15, 0.2) is 4.80 Å². The molecule has 1 fully saturated rings. The Morgan fingerprint density at radius 3 is 2.53 bits per heavy atom. The number of carbonyl (C=O) groups excluding carboxylic acids is 1. The number of benzene rings is 1. The third kappa shape index (κ3) is 7.91. The molecule has 0 saturated carbocycles. The maximum Gasteiger partial charge on any atom is 0.416 e. The lowest BCUT2D eigenvalue weighted by atomic mass is 9.95. The van der Waals surface area contributed by atoms with Crippen molar-refractivity contribution in [3.63, 3.8) is 0 Å². The van der Waals surface area contributed by atoms with E-state index in [1.807, 2.05) is 31.5 Å². The van der Waals surface area contributed by atoms with Gasteiger partial charge in [-0.2, -0.15) is 18.2 Å². The van der Waals surface area contributed by atoms with E-state index in [2.05, 4.69) is 31.1 Å². The zero-order valence-electron chi connectivity index (χ0n) is 21.8. The van der Waals surface area contributed by atoms with Crippen LogP contribution in [0.3, 0.4) is 0 Å². The standard InChI is InChI=1S/C26H36F3N3O3S/c1-24(2,3)21-16-32(15-18-8-7-12-34-18)23(36-21)31-22(33)19-14-17(26(27,28)29)9-10-20(19)35-13-11-30-25(4,5)6/h9-10,14,16,18,30H,7-8,11-13,15H2,1-6H3/t18-/m1/s1. The molecule has 2 heterocycles. The Bertz CT molecular complexity index is 1120. The number of nitrogens with zero attached hydrogens (tertiary/aromatic N) is 2. The molecule has 1 atom stereocenters. The van der Waals surface area contributed by atoms with Gasteiger partial charge in [-0.15, -0.1) is 11.3 Å². The van der Waals surface area contributed by atoms with E-state index in [-0.39, 0.29) is 35.0 Å². The summed E-state index contributed by atoms with van der Waals surface area (Å²) in [5.41, 5.74) is -1.45. The second-order valence-electron chi connectivity index (χ2n) is 11.1. The molecule has 0 unspecified atom stereocenters. The number of hydrogen-bond acceptors (Lipinski definition) is 5. The Morgan fingerprint density at radius 1 is 1.22 bits per heavy atom. The lowest BCUT2D eigenvalue weighted by molar-refractivity contribution is -0.137.